The summed E-state index contributed by atoms with van der Waals surface area (Å²) in [4.78, 5) is 25.9. The van der Waals surface area contributed by atoms with Gasteiger partial charge in [-0.1, -0.05) is 20.4 Å². The van der Waals surface area contributed by atoms with Crippen LogP contribution in [0.3, 0.4) is 0 Å². The average Bonchev–Trinajstić information content (AvgIpc) is 2.55. The van der Waals surface area contributed by atoms with E-state index in [9.17, 15) is 9.59 Å². The summed E-state index contributed by atoms with van der Waals surface area (Å²) >= 11 is 0. The minimum absolute atomic E-state index is 0.0144. The number of amides is 2. The molecule has 124 valence electrons. The van der Waals surface area contributed by atoms with Crippen LogP contribution in [0.25, 0.3) is 0 Å². The van der Waals surface area contributed by atoms with Gasteiger partial charge in [-0.2, -0.15) is 0 Å². The first-order valence-corrected chi connectivity index (χ1v) is 7.93. The maximum absolute atomic E-state index is 12.7. The molecule has 0 bridgehead atoms. The van der Waals surface area contributed by atoms with Crippen LogP contribution in [0.15, 0.2) is 36.9 Å². The van der Waals surface area contributed by atoms with Gasteiger partial charge in [0.25, 0.3) is 5.91 Å². The number of hydrogen-bond donors (Lipinski definition) is 1. The fourth-order valence-corrected chi connectivity index (χ4v) is 2.72. The van der Waals surface area contributed by atoms with Crippen molar-refractivity contribution in [3.8, 4) is 0 Å². The van der Waals surface area contributed by atoms with Gasteiger partial charge in [-0.3, -0.25) is 9.59 Å². The largest absolute Gasteiger partial charge is 0.377 e. The summed E-state index contributed by atoms with van der Waals surface area (Å²) in [6, 6.07) is 7.06. The number of carbonyl (C=O) groups is 2. The molecule has 2 rings (SSSR count). The average molecular weight is 316 g/mol. The van der Waals surface area contributed by atoms with Crippen molar-refractivity contribution in [2.75, 3.05) is 25.1 Å². The van der Waals surface area contributed by atoms with Crippen molar-refractivity contribution < 1.29 is 14.3 Å². The van der Waals surface area contributed by atoms with Crippen molar-refractivity contribution in [3.63, 3.8) is 0 Å². The van der Waals surface area contributed by atoms with Crippen LogP contribution in [0.5, 0.6) is 0 Å². The summed E-state index contributed by atoms with van der Waals surface area (Å²) in [5.41, 5.74) is 1.27. The third-order valence-electron chi connectivity index (χ3n) is 3.82. The van der Waals surface area contributed by atoms with Gasteiger partial charge in [0.1, 0.15) is 0 Å². The zero-order valence-corrected chi connectivity index (χ0v) is 13.7. The van der Waals surface area contributed by atoms with Crippen LogP contribution in [-0.4, -0.2) is 42.5 Å². The Morgan fingerprint density at radius 1 is 1.39 bits per heavy atom. The summed E-state index contributed by atoms with van der Waals surface area (Å²) in [6.45, 7) is 9.49. The topological polar surface area (TPSA) is 58.6 Å². The molecule has 0 unspecified atom stereocenters. The first kappa shape index (κ1) is 17.2. The van der Waals surface area contributed by atoms with Gasteiger partial charge in [-0.15, -0.1) is 0 Å². The predicted molar refractivity (Wildman–Crippen MR) is 90.4 cm³/mol. The van der Waals surface area contributed by atoms with Crippen LogP contribution in [0.2, 0.25) is 0 Å². The Bertz CT molecular complexity index is 566. The van der Waals surface area contributed by atoms with Gasteiger partial charge in [0.05, 0.1) is 19.3 Å². The van der Waals surface area contributed by atoms with Crippen molar-refractivity contribution in [2.24, 2.45) is 5.92 Å². The highest BCUT2D eigenvalue weighted by atomic mass is 16.5. The molecule has 1 N–H and O–H groups in total. The molecule has 0 aromatic heterocycles. The van der Waals surface area contributed by atoms with Gasteiger partial charge in [-0.25, -0.2) is 0 Å². The van der Waals surface area contributed by atoms with E-state index in [-0.39, 0.29) is 17.9 Å². The first-order valence-electron chi connectivity index (χ1n) is 7.93. The predicted octanol–water partition coefficient (Wildman–Crippen LogP) is 2.70. The lowest BCUT2D eigenvalue weighted by Crippen LogP contribution is -2.49. The van der Waals surface area contributed by atoms with E-state index < -0.39 is 0 Å². The van der Waals surface area contributed by atoms with E-state index in [1.54, 1.807) is 24.3 Å². The van der Waals surface area contributed by atoms with Crippen LogP contribution in [0, 0.1) is 5.92 Å². The van der Waals surface area contributed by atoms with E-state index in [0.717, 1.165) is 6.42 Å². The molecule has 1 aromatic carbocycles. The fraction of sp³-hybridized carbons (Fsp3) is 0.444. The molecule has 0 radical (unpaired) electrons. The highest BCUT2D eigenvalue weighted by Gasteiger charge is 2.28. The van der Waals surface area contributed by atoms with Crippen molar-refractivity contribution >= 4 is 17.5 Å². The summed E-state index contributed by atoms with van der Waals surface area (Å²) < 4.78 is 5.52. The minimum atomic E-state index is -0.269. The molecule has 1 atom stereocenters. The summed E-state index contributed by atoms with van der Waals surface area (Å²) in [7, 11) is 0. The van der Waals surface area contributed by atoms with E-state index in [4.69, 9.17) is 4.74 Å². The van der Waals surface area contributed by atoms with Crippen molar-refractivity contribution in [1.82, 2.24) is 4.90 Å². The molecule has 1 heterocycles. The second-order valence-electron chi connectivity index (χ2n) is 6.13. The van der Waals surface area contributed by atoms with E-state index in [1.165, 1.54) is 6.08 Å². The van der Waals surface area contributed by atoms with Gasteiger partial charge in [0.15, 0.2) is 0 Å². The number of ether oxygens (including phenoxy) is 1. The highest BCUT2D eigenvalue weighted by Crippen LogP contribution is 2.19. The van der Waals surface area contributed by atoms with Crippen LogP contribution >= 0.6 is 0 Å². The number of rotatable bonds is 5. The van der Waals surface area contributed by atoms with Gasteiger partial charge in [0.2, 0.25) is 5.91 Å². The Kier molecular flexibility index (Phi) is 5.93. The number of anilines is 1. The van der Waals surface area contributed by atoms with E-state index >= 15 is 0 Å². The standard InChI is InChI=1S/C18H24N2O3/c1-4-17(21)19-15-7-5-14(6-8-15)18(22)20-9-10-23-12-16(20)11-13(2)3/h4-8,13,16H,1,9-12H2,2-3H3,(H,19,21)/t16-/m0/s1. The van der Waals surface area contributed by atoms with Crippen molar-refractivity contribution in [2.45, 2.75) is 26.3 Å². The van der Waals surface area contributed by atoms with Gasteiger partial charge in [0, 0.05) is 17.8 Å². The number of nitrogens with zero attached hydrogens (tertiary/aromatic N) is 1. The normalized spacial score (nSPS) is 17.9. The van der Waals surface area contributed by atoms with E-state index in [0.29, 0.717) is 36.9 Å². The Labute approximate surface area is 137 Å². The SMILES string of the molecule is C=CC(=O)Nc1ccc(C(=O)N2CCOC[C@@H]2CC(C)C)cc1. The Balaban J connectivity index is 2.08. The lowest BCUT2D eigenvalue weighted by atomic mass is 10.0. The van der Waals surface area contributed by atoms with E-state index in [2.05, 4.69) is 25.7 Å². The molecule has 5 nitrogen and oxygen atoms in total. The molecule has 2 amide bonds. The molecule has 1 aliphatic heterocycles. The Morgan fingerprint density at radius 2 is 2.09 bits per heavy atom. The van der Waals surface area contributed by atoms with Crippen LogP contribution < -0.4 is 5.32 Å². The number of nitrogens with one attached hydrogen (secondary N) is 1. The van der Waals surface area contributed by atoms with Crippen LogP contribution in [0.4, 0.5) is 5.69 Å². The smallest absolute Gasteiger partial charge is 0.254 e. The molecule has 1 aromatic rings. The molecular weight excluding hydrogens is 292 g/mol. The lowest BCUT2D eigenvalue weighted by Gasteiger charge is -2.36. The highest BCUT2D eigenvalue weighted by molar-refractivity contribution is 5.99. The van der Waals surface area contributed by atoms with Crippen LogP contribution in [0.1, 0.15) is 30.6 Å². The minimum Gasteiger partial charge on any atom is -0.377 e. The summed E-state index contributed by atoms with van der Waals surface area (Å²) in [6.07, 6.45) is 2.14. The number of morpholine rings is 1. The maximum atomic E-state index is 12.7. The second-order valence-corrected chi connectivity index (χ2v) is 6.13. The Hall–Kier alpha value is -2.14. The number of carbonyl (C=O) groups excluding carboxylic acids is 2. The molecule has 1 fully saturated rings. The number of hydrogen-bond acceptors (Lipinski definition) is 3. The molecule has 0 spiro atoms. The third kappa shape index (κ3) is 4.66. The number of benzene rings is 1. The zero-order chi connectivity index (χ0) is 16.8. The maximum Gasteiger partial charge on any atom is 0.254 e. The third-order valence-corrected chi connectivity index (χ3v) is 3.82. The molecule has 0 aliphatic carbocycles. The Morgan fingerprint density at radius 3 is 2.70 bits per heavy atom. The van der Waals surface area contributed by atoms with Crippen molar-refractivity contribution in [1.29, 1.82) is 0 Å². The van der Waals surface area contributed by atoms with Gasteiger partial charge < -0.3 is 15.0 Å². The fourth-order valence-electron chi connectivity index (χ4n) is 2.72. The molecule has 1 aliphatic rings. The second kappa shape index (κ2) is 7.92. The van der Waals surface area contributed by atoms with E-state index in [1.807, 2.05) is 4.90 Å². The van der Waals surface area contributed by atoms with Gasteiger partial charge >= 0.3 is 0 Å². The monoisotopic (exact) mass is 316 g/mol. The molecule has 23 heavy (non-hydrogen) atoms. The summed E-state index contributed by atoms with van der Waals surface area (Å²) in [5.74, 6) is 0.253. The van der Waals surface area contributed by atoms with Gasteiger partial charge in [-0.05, 0) is 42.7 Å². The quantitative estimate of drug-likeness (QED) is 0.850. The first-order chi connectivity index (χ1) is 11.0. The molecule has 1 saturated heterocycles. The summed E-state index contributed by atoms with van der Waals surface area (Å²) in [5, 5.41) is 2.67. The molecule has 5 heteroatoms. The molecule has 0 saturated carbocycles. The zero-order valence-electron chi connectivity index (χ0n) is 13.7. The molecular formula is C18H24N2O3. The van der Waals surface area contributed by atoms with Crippen molar-refractivity contribution in [3.05, 3.63) is 42.5 Å². The lowest BCUT2D eigenvalue weighted by molar-refractivity contribution is -0.111. The van der Waals surface area contributed by atoms with Crippen LogP contribution in [-0.2, 0) is 9.53 Å².